The molecular weight excluding hydrogens is 251 g/mol. The fraction of sp³-hybridized carbons (Fsp3) is 0.200. The van der Waals surface area contributed by atoms with Crippen molar-refractivity contribution in [1.82, 2.24) is 0 Å². The molecule has 68 valence electrons. The Labute approximate surface area is 90.9 Å². The molecular formula is C10H8BrClO. The summed E-state index contributed by atoms with van der Waals surface area (Å²) in [5, 5.41) is 9.17. The van der Waals surface area contributed by atoms with E-state index in [0.29, 0.717) is 11.4 Å². The molecule has 0 spiro atoms. The lowest BCUT2D eigenvalue weighted by molar-refractivity contribution is 0.305. The maximum absolute atomic E-state index is 8.52. The van der Waals surface area contributed by atoms with E-state index in [4.69, 9.17) is 16.7 Å². The lowest BCUT2D eigenvalue weighted by Gasteiger charge is -1.94. The zero-order valence-electron chi connectivity index (χ0n) is 6.85. The van der Waals surface area contributed by atoms with Crippen LogP contribution in [0.15, 0.2) is 22.7 Å². The maximum Gasteiger partial charge on any atom is 0.0540 e. The fourth-order valence-corrected chi connectivity index (χ4v) is 1.71. The Morgan fingerprint density at radius 2 is 2.15 bits per heavy atom. The third-order valence-electron chi connectivity index (χ3n) is 1.33. The standard InChI is InChI=1S/C10H8BrClO/c11-9-5-8(3-1-2-4-13)6-10(12)7-9/h5-7,13H,2,4H2. The maximum atomic E-state index is 8.52. The fourth-order valence-electron chi connectivity index (χ4n) is 0.846. The molecule has 0 fully saturated rings. The predicted molar refractivity (Wildman–Crippen MR) is 57.7 cm³/mol. The lowest BCUT2D eigenvalue weighted by atomic mass is 10.2. The molecule has 0 unspecified atom stereocenters. The van der Waals surface area contributed by atoms with E-state index in [-0.39, 0.29) is 6.61 Å². The van der Waals surface area contributed by atoms with Crippen molar-refractivity contribution < 1.29 is 5.11 Å². The van der Waals surface area contributed by atoms with Gasteiger partial charge < -0.3 is 5.11 Å². The van der Waals surface area contributed by atoms with Crippen molar-refractivity contribution in [3.8, 4) is 11.8 Å². The Morgan fingerprint density at radius 1 is 1.38 bits per heavy atom. The number of hydrogen-bond donors (Lipinski definition) is 1. The highest BCUT2D eigenvalue weighted by Gasteiger charge is 1.93. The SMILES string of the molecule is OCCC#Cc1cc(Cl)cc(Br)c1. The quantitative estimate of drug-likeness (QED) is 0.769. The van der Waals surface area contributed by atoms with Gasteiger partial charge in [0.2, 0.25) is 0 Å². The highest BCUT2D eigenvalue weighted by molar-refractivity contribution is 9.10. The molecule has 1 N–H and O–H groups in total. The van der Waals surface area contributed by atoms with Crippen LogP contribution in [0.3, 0.4) is 0 Å². The minimum Gasteiger partial charge on any atom is -0.395 e. The summed E-state index contributed by atoms with van der Waals surface area (Å²) < 4.78 is 0.910. The molecule has 1 aromatic carbocycles. The van der Waals surface area contributed by atoms with Crippen LogP contribution in [0.4, 0.5) is 0 Å². The topological polar surface area (TPSA) is 20.2 Å². The molecule has 0 amide bonds. The van der Waals surface area contributed by atoms with Crippen molar-refractivity contribution in [3.63, 3.8) is 0 Å². The number of aliphatic hydroxyl groups excluding tert-OH is 1. The van der Waals surface area contributed by atoms with Crippen molar-refractivity contribution >= 4 is 27.5 Å². The number of benzene rings is 1. The molecule has 1 nitrogen and oxygen atoms in total. The van der Waals surface area contributed by atoms with Crippen molar-refractivity contribution in [2.24, 2.45) is 0 Å². The van der Waals surface area contributed by atoms with E-state index in [1.165, 1.54) is 0 Å². The third-order valence-corrected chi connectivity index (χ3v) is 2.01. The Kier molecular flexibility index (Phi) is 4.31. The molecule has 0 aliphatic carbocycles. The molecule has 3 heteroatoms. The summed E-state index contributed by atoms with van der Waals surface area (Å²) in [4.78, 5) is 0. The number of aliphatic hydroxyl groups is 1. The van der Waals surface area contributed by atoms with E-state index in [9.17, 15) is 0 Å². The van der Waals surface area contributed by atoms with Gasteiger partial charge in [0, 0.05) is 21.5 Å². The second kappa shape index (κ2) is 5.29. The largest absolute Gasteiger partial charge is 0.395 e. The molecule has 0 saturated heterocycles. The Bertz CT molecular complexity index is 331. The Hall–Kier alpha value is -0.490. The van der Waals surface area contributed by atoms with Crippen LogP contribution in [-0.2, 0) is 0 Å². The van der Waals surface area contributed by atoms with Gasteiger partial charge in [-0.1, -0.05) is 39.4 Å². The van der Waals surface area contributed by atoms with Gasteiger partial charge in [-0.05, 0) is 18.2 Å². The molecule has 0 bridgehead atoms. The van der Waals surface area contributed by atoms with E-state index in [1.54, 1.807) is 12.1 Å². The van der Waals surface area contributed by atoms with E-state index in [2.05, 4.69) is 27.8 Å². The summed E-state index contributed by atoms with van der Waals surface area (Å²) in [6.07, 6.45) is 0.490. The van der Waals surface area contributed by atoms with Crippen LogP contribution in [0, 0.1) is 11.8 Å². The summed E-state index contributed by atoms with van der Waals surface area (Å²) in [5.74, 6) is 5.73. The van der Waals surface area contributed by atoms with E-state index >= 15 is 0 Å². The number of halogens is 2. The van der Waals surface area contributed by atoms with E-state index in [0.717, 1.165) is 10.0 Å². The average molecular weight is 260 g/mol. The zero-order valence-corrected chi connectivity index (χ0v) is 9.19. The number of hydrogen-bond acceptors (Lipinski definition) is 1. The minimum absolute atomic E-state index is 0.0920. The van der Waals surface area contributed by atoms with Gasteiger partial charge in [0.1, 0.15) is 0 Å². The van der Waals surface area contributed by atoms with Crippen molar-refractivity contribution in [3.05, 3.63) is 33.3 Å². The van der Waals surface area contributed by atoms with Gasteiger partial charge in [-0.2, -0.15) is 0 Å². The molecule has 0 radical (unpaired) electrons. The first kappa shape index (κ1) is 10.6. The monoisotopic (exact) mass is 258 g/mol. The summed E-state index contributed by atoms with van der Waals surface area (Å²) in [7, 11) is 0. The van der Waals surface area contributed by atoms with Crippen LogP contribution in [0.1, 0.15) is 12.0 Å². The molecule has 0 heterocycles. The summed E-state index contributed by atoms with van der Waals surface area (Å²) in [6.45, 7) is 0.0920. The van der Waals surface area contributed by atoms with Gasteiger partial charge in [0.15, 0.2) is 0 Å². The first-order valence-electron chi connectivity index (χ1n) is 3.78. The first-order valence-corrected chi connectivity index (χ1v) is 4.95. The predicted octanol–water partition coefficient (Wildman–Crippen LogP) is 2.84. The number of rotatable bonds is 1. The van der Waals surface area contributed by atoms with Crippen molar-refractivity contribution in [2.45, 2.75) is 6.42 Å². The van der Waals surface area contributed by atoms with Crippen LogP contribution in [0.25, 0.3) is 0 Å². The Morgan fingerprint density at radius 3 is 2.77 bits per heavy atom. The van der Waals surface area contributed by atoms with Gasteiger partial charge >= 0.3 is 0 Å². The lowest BCUT2D eigenvalue weighted by Crippen LogP contribution is -1.78. The van der Waals surface area contributed by atoms with Crippen LogP contribution < -0.4 is 0 Å². The van der Waals surface area contributed by atoms with Crippen LogP contribution in [-0.4, -0.2) is 11.7 Å². The van der Waals surface area contributed by atoms with Gasteiger partial charge in [0.25, 0.3) is 0 Å². The molecule has 0 aromatic heterocycles. The average Bonchev–Trinajstić information content (AvgIpc) is 2.03. The van der Waals surface area contributed by atoms with Crippen LogP contribution in [0.5, 0.6) is 0 Å². The normalized spacial score (nSPS) is 9.15. The molecule has 0 saturated carbocycles. The summed E-state index contributed by atoms with van der Waals surface area (Å²) >= 11 is 9.14. The van der Waals surface area contributed by atoms with Crippen LogP contribution >= 0.6 is 27.5 Å². The highest BCUT2D eigenvalue weighted by atomic mass is 79.9. The van der Waals surface area contributed by atoms with Gasteiger partial charge in [-0.25, -0.2) is 0 Å². The van der Waals surface area contributed by atoms with Gasteiger partial charge in [0.05, 0.1) is 6.61 Å². The summed E-state index contributed by atoms with van der Waals surface area (Å²) in [6, 6.07) is 5.48. The van der Waals surface area contributed by atoms with Crippen LogP contribution in [0.2, 0.25) is 5.02 Å². The molecule has 0 aliphatic heterocycles. The molecule has 0 aliphatic rings. The third kappa shape index (κ3) is 3.82. The first-order chi connectivity index (χ1) is 6.22. The molecule has 13 heavy (non-hydrogen) atoms. The minimum atomic E-state index is 0.0920. The van der Waals surface area contributed by atoms with E-state index in [1.807, 2.05) is 6.07 Å². The van der Waals surface area contributed by atoms with Gasteiger partial charge in [-0.15, -0.1) is 0 Å². The molecule has 1 rings (SSSR count). The summed E-state index contributed by atoms with van der Waals surface area (Å²) in [5.41, 5.74) is 0.854. The zero-order chi connectivity index (χ0) is 9.68. The van der Waals surface area contributed by atoms with Crippen molar-refractivity contribution in [1.29, 1.82) is 0 Å². The molecule has 0 atom stereocenters. The second-order valence-electron chi connectivity index (χ2n) is 2.43. The van der Waals surface area contributed by atoms with Gasteiger partial charge in [-0.3, -0.25) is 0 Å². The highest BCUT2D eigenvalue weighted by Crippen LogP contribution is 2.18. The van der Waals surface area contributed by atoms with Crippen molar-refractivity contribution in [2.75, 3.05) is 6.61 Å². The molecule has 1 aromatic rings. The van der Waals surface area contributed by atoms with E-state index < -0.39 is 0 Å². The Balaban J connectivity index is 2.85. The smallest absolute Gasteiger partial charge is 0.0540 e. The second-order valence-corrected chi connectivity index (χ2v) is 3.79.